The van der Waals surface area contributed by atoms with E-state index in [1.807, 2.05) is 0 Å². The van der Waals surface area contributed by atoms with Gasteiger partial charge >= 0.3 is 5.97 Å². The van der Waals surface area contributed by atoms with Crippen LogP contribution in [0.1, 0.15) is 22.0 Å². The summed E-state index contributed by atoms with van der Waals surface area (Å²) in [7, 11) is 0. The summed E-state index contributed by atoms with van der Waals surface area (Å²) in [5.41, 5.74) is -0.320. The van der Waals surface area contributed by atoms with Crippen LogP contribution >= 0.6 is 34.8 Å². The maximum absolute atomic E-state index is 11.4. The number of cyclic esters (lactones) is 1. The van der Waals surface area contributed by atoms with Crippen LogP contribution < -0.4 is 0 Å². The molecule has 0 aliphatic carbocycles. The molecule has 1 unspecified atom stereocenters. The Kier molecular flexibility index (Phi) is 2.72. The molecule has 1 atom stereocenters. The maximum atomic E-state index is 11.4. The van der Waals surface area contributed by atoms with Crippen molar-refractivity contribution in [3.05, 3.63) is 17.2 Å². The van der Waals surface area contributed by atoms with Crippen molar-refractivity contribution in [3.63, 3.8) is 0 Å². The molecule has 0 saturated carbocycles. The average molecular weight is 299 g/mol. The van der Waals surface area contributed by atoms with E-state index in [4.69, 9.17) is 39.5 Å². The third-order valence-electron chi connectivity index (χ3n) is 2.30. The van der Waals surface area contributed by atoms with Crippen LogP contribution in [0.4, 0.5) is 0 Å². The summed E-state index contributed by atoms with van der Waals surface area (Å²) in [6, 6.07) is 0.934. The number of fused-ring (bicyclic) bond motifs is 1. The fraction of sp³-hybridized carbons (Fsp3) is 0.222. The number of halogens is 3. The van der Waals surface area contributed by atoms with Crippen molar-refractivity contribution >= 4 is 40.8 Å². The van der Waals surface area contributed by atoms with E-state index in [9.17, 15) is 20.1 Å². The highest BCUT2D eigenvalue weighted by Crippen LogP contribution is 2.53. The van der Waals surface area contributed by atoms with Crippen LogP contribution in [-0.4, -0.2) is 25.1 Å². The highest BCUT2D eigenvalue weighted by atomic mass is 35.6. The predicted molar refractivity (Wildman–Crippen MR) is 59.9 cm³/mol. The molecule has 0 aromatic heterocycles. The number of benzene rings is 1. The molecular weight excluding hydrogens is 294 g/mol. The highest BCUT2D eigenvalue weighted by molar-refractivity contribution is 6.68. The molecule has 8 heteroatoms. The third-order valence-corrected chi connectivity index (χ3v) is 2.89. The molecule has 5 nitrogen and oxygen atoms in total. The molecule has 0 radical (unpaired) electrons. The van der Waals surface area contributed by atoms with Gasteiger partial charge in [-0.3, -0.25) is 0 Å². The number of esters is 1. The van der Waals surface area contributed by atoms with E-state index in [1.54, 1.807) is 0 Å². The second-order valence-corrected chi connectivity index (χ2v) is 5.75. The molecular formula is C9H5Cl3O5. The van der Waals surface area contributed by atoms with E-state index >= 15 is 0 Å². The molecule has 1 heterocycles. The van der Waals surface area contributed by atoms with Gasteiger partial charge in [-0.15, -0.1) is 0 Å². The van der Waals surface area contributed by atoms with Crippen molar-refractivity contribution in [1.29, 1.82) is 0 Å². The average Bonchev–Trinajstić information content (AvgIpc) is 2.53. The second-order valence-electron chi connectivity index (χ2n) is 3.38. The van der Waals surface area contributed by atoms with Gasteiger partial charge in [0.25, 0.3) is 0 Å². The number of carbonyl (C=O) groups is 1. The standard InChI is InChI=1S/C9H5Cl3O5/c10-9(11,12)7-4-2(8(16)17-7)1-3(13)5(14)6(4)15/h1,7,13-15H. The molecule has 0 bridgehead atoms. The Balaban J connectivity index is 2.70. The van der Waals surface area contributed by atoms with Crippen LogP contribution in [0.3, 0.4) is 0 Å². The summed E-state index contributed by atoms with van der Waals surface area (Å²) < 4.78 is 2.77. The zero-order chi connectivity index (χ0) is 13.0. The number of carbonyl (C=O) groups excluding carboxylic acids is 1. The van der Waals surface area contributed by atoms with Gasteiger partial charge in [0.05, 0.1) is 11.1 Å². The van der Waals surface area contributed by atoms with Gasteiger partial charge in [-0.25, -0.2) is 4.79 Å². The van der Waals surface area contributed by atoms with Crippen LogP contribution in [0.15, 0.2) is 6.07 Å². The molecule has 0 fully saturated rings. The molecule has 3 N–H and O–H groups in total. The van der Waals surface area contributed by atoms with Gasteiger partial charge in [0.1, 0.15) is 0 Å². The minimum atomic E-state index is -2.00. The van der Waals surface area contributed by atoms with Crippen LogP contribution in [0.2, 0.25) is 0 Å². The van der Waals surface area contributed by atoms with Crippen LogP contribution in [0, 0.1) is 0 Å². The highest BCUT2D eigenvalue weighted by Gasteiger charge is 2.47. The molecule has 1 aromatic rings. The van der Waals surface area contributed by atoms with Gasteiger partial charge in [-0.2, -0.15) is 0 Å². The lowest BCUT2D eigenvalue weighted by molar-refractivity contribution is 0.0390. The first kappa shape index (κ1) is 12.4. The normalized spacial score (nSPS) is 19.0. The van der Waals surface area contributed by atoms with Gasteiger partial charge in [-0.05, 0) is 6.07 Å². The van der Waals surface area contributed by atoms with Crippen molar-refractivity contribution in [2.45, 2.75) is 9.90 Å². The van der Waals surface area contributed by atoms with Gasteiger partial charge in [-0.1, -0.05) is 34.8 Å². The Hall–Kier alpha value is -1.04. The largest absolute Gasteiger partial charge is 0.504 e. The monoisotopic (exact) mass is 298 g/mol. The molecule has 0 spiro atoms. The lowest BCUT2D eigenvalue weighted by Gasteiger charge is -2.19. The van der Waals surface area contributed by atoms with Gasteiger partial charge in [0.15, 0.2) is 17.6 Å². The van der Waals surface area contributed by atoms with E-state index in [0.717, 1.165) is 6.07 Å². The topological polar surface area (TPSA) is 87.0 Å². The van der Waals surface area contributed by atoms with E-state index < -0.39 is 33.1 Å². The second kappa shape index (κ2) is 3.73. The molecule has 1 aliphatic rings. The molecule has 1 aliphatic heterocycles. The first-order valence-corrected chi connectivity index (χ1v) is 5.42. The molecule has 17 heavy (non-hydrogen) atoms. The van der Waals surface area contributed by atoms with Crippen LogP contribution in [0.25, 0.3) is 0 Å². The predicted octanol–water partition coefficient (Wildman–Crippen LogP) is 2.39. The van der Waals surface area contributed by atoms with Gasteiger partial charge in [0, 0.05) is 0 Å². The summed E-state index contributed by atoms with van der Waals surface area (Å²) >= 11 is 16.8. The number of aromatic hydroxyl groups is 3. The van der Waals surface area contributed by atoms with Crippen molar-refractivity contribution in [2.24, 2.45) is 0 Å². The fourth-order valence-electron chi connectivity index (χ4n) is 1.55. The minimum absolute atomic E-state index is 0.158. The maximum Gasteiger partial charge on any atom is 0.339 e. The fourth-order valence-corrected chi connectivity index (χ4v) is 2.01. The minimum Gasteiger partial charge on any atom is -0.504 e. The Morgan fingerprint density at radius 3 is 2.29 bits per heavy atom. The molecule has 92 valence electrons. The van der Waals surface area contributed by atoms with E-state index in [1.165, 1.54) is 0 Å². The SMILES string of the molecule is O=C1OC(C(Cl)(Cl)Cl)c2c1cc(O)c(O)c2O. The summed E-state index contributed by atoms with van der Waals surface area (Å²) in [6.45, 7) is 0. The Bertz CT molecular complexity index is 508. The van der Waals surface area contributed by atoms with E-state index in [-0.39, 0.29) is 11.1 Å². The number of alkyl halides is 3. The summed E-state index contributed by atoms with van der Waals surface area (Å²) in [5.74, 6) is -3.08. The molecule has 2 rings (SSSR count). The summed E-state index contributed by atoms with van der Waals surface area (Å²) in [6.07, 6.45) is -1.35. The summed E-state index contributed by atoms with van der Waals surface area (Å²) in [4.78, 5) is 11.4. The number of phenols is 3. The van der Waals surface area contributed by atoms with Crippen molar-refractivity contribution in [1.82, 2.24) is 0 Å². The lowest BCUT2D eigenvalue weighted by Crippen LogP contribution is -2.16. The zero-order valence-corrected chi connectivity index (χ0v) is 10.2. The van der Waals surface area contributed by atoms with E-state index in [2.05, 4.69) is 0 Å². The van der Waals surface area contributed by atoms with Crippen LogP contribution in [-0.2, 0) is 4.74 Å². The lowest BCUT2D eigenvalue weighted by atomic mass is 10.0. The Labute approximate surface area is 110 Å². The first-order chi connectivity index (χ1) is 7.73. The van der Waals surface area contributed by atoms with Crippen molar-refractivity contribution < 1.29 is 24.9 Å². The molecule has 0 amide bonds. The number of ether oxygens (including phenoxy) is 1. The number of hydrogen-bond donors (Lipinski definition) is 3. The quantitative estimate of drug-likeness (QED) is 0.389. The van der Waals surface area contributed by atoms with Crippen molar-refractivity contribution in [3.8, 4) is 17.2 Å². The van der Waals surface area contributed by atoms with E-state index in [0.29, 0.717) is 0 Å². The molecule has 1 aromatic carbocycles. The number of rotatable bonds is 0. The number of hydrogen-bond acceptors (Lipinski definition) is 5. The first-order valence-electron chi connectivity index (χ1n) is 4.29. The van der Waals surface area contributed by atoms with Crippen LogP contribution in [0.5, 0.6) is 17.2 Å². The summed E-state index contributed by atoms with van der Waals surface area (Å²) in [5, 5.41) is 28.2. The third kappa shape index (κ3) is 1.84. The Morgan fingerprint density at radius 2 is 1.76 bits per heavy atom. The molecule has 0 saturated heterocycles. The zero-order valence-electron chi connectivity index (χ0n) is 7.95. The van der Waals surface area contributed by atoms with Gasteiger partial charge in [0.2, 0.25) is 9.54 Å². The number of phenolic OH excluding ortho intramolecular Hbond substituents is 3. The van der Waals surface area contributed by atoms with Gasteiger partial charge < -0.3 is 20.1 Å². The Morgan fingerprint density at radius 1 is 1.18 bits per heavy atom. The smallest absolute Gasteiger partial charge is 0.339 e. The van der Waals surface area contributed by atoms with Crippen molar-refractivity contribution in [2.75, 3.05) is 0 Å².